The largest absolute Gasteiger partial charge is 0.508 e. The molecule has 3 unspecified atom stereocenters. The average Bonchev–Trinajstić information content (AvgIpc) is 2.88. The molecule has 1 nitrogen and oxygen atoms in total. The van der Waals surface area contributed by atoms with Crippen LogP contribution in [0.1, 0.15) is 50.2 Å². The summed E-state index contributed by atoms with van der Waals surface area (Å²) in [5.41, 5.74) is 5.12. The second-order valence-electron chi connectivity index (χ2n) is 9.85. The minimum atomic E-state index is -0.121. The molecular formula is C32H34O. The van der Waals surface area contributed by atoms with Crippen molar-refractivity contribution in [2.45, 2.75) is 44.4 Å². The van der Waals surface area contributed by atoms with Crippen LogP contribution in [-0.2, 0) is 5.41 Å². The molecule has 1 saturated carbocycles. The zero-order chi connectivity index (χ0) is 22.7. The van der Waals surface area contributed by atoms with Crippen molar-refractivity contribution in [2.24, 2.45) is 17.8 Å². The lowest BCUT2D eigenvalue weighted by atomic mass is 9.53. The lowest BCUT2D eigenvalue weighted by molar-refractivity contribution is 0.168. The van der Waals surface area contributed by atoms with Crippen molar-refractivity contribution in [3.05, 3.63) is 114 Å². The van der Waals surface area contributed by atoms with Gasteiger partial charge in [-0.25, -0.2) is 0 Å². The van der Waals surface area contributed by atoms with Crippen LogP contribution in [0, 0.1) is 17.8 Å². The van der Waals surface area contributed by atoms with Gasteiger partial charge >= 0.3 is 0 Å². The number of hydrogen-bond acceptors (Lipinski definition) is 1. The van der Waals surface area contributed by atoms with Crippen molar-refractivity contribution >= 4 is 0 Å². The highest BCUT2D eigenvalue weighted by molar-refractivity contribution is 5.64. The second kappa shape index (κ2) is 9.43. The van der Waals surface area contributed by atoms with Crippen LogP contribution in [0.4, 0.5) is 0 Å². The fourth-order valence-electron chi connectivity index (χ4n) is 6.44. The lowest BCUT2D eigenvalue weighted by Gasteiger charge is -2.50. The highest BCUT2D eigenvalue weighted by Gasteiger charge is 2.48. The van der Waals surface area contributed by atoms with E-state index in [1.807, 2.05) is 12.1 Å². The molecule has 1 fully saturated rings. The van der Waals surface area contributed by atoms with E-state index in [2.05, 4.69) is 98.0 Å². The number of allylic oxidation sites excluding steroid dienone is 4. The van der Waals surface area contributed by atoms with E-state index in [4.69, 9.17) is 0 Å². The Balaban J connectivity index is 1.70. The Hall–Kier alpha value is -3.06. The fourth-order valence-corrected chi connectivity index (χ4v) is 6.44. The van der Waals surface area contributed by atoms with E-state index >= 15 is 0 Å². The fraction of sp³-hybridized carbons (Fsp3) is 0.312. The van der Waals surface area contributed by atoms with Gasteiger partial charge in [-0.15, -0.1) is 0 Å². The van der Waals surface area contributed by atoms with E-state index in [1.165, 1.54) is 54.4 Å². The van der Waals surface area contributed by atoms with Crippen LogP contribution in [0.3, 0.4) is 0 Å². The molecule has 0 radical (unpaired) electrons. The Bertz CT molecular complexity index is 1100. The highest BCUT2D eigenvalue weighted by Crippen LogP contribution is 2.54. The quantitative estimate of drug-likeness (QED) is 0.428. The zero-order valence-electron chi connectivity index (χ0n) is 19.5. The maximum atomic E-state index is 10.1. The SMILES string of the molecule is CC1C=CC=CC1C(c1ccc(O)cc1)(c1ccc(-c2ccccc2)cc1)C1CCCCC1. The molecule has 33 heavy (non-hydrogen) atoms. The van der Waals surface area contributed by atoms with E-state index in [0.717, 1.165) is 0 Å². The topological polar surface area (TPSA) is 20.2 Å². The molecule has 0 aromatic heterocycles. The maximum absolute atomic E-state index is 10.1. The summed E-state index contributed by atoms with van der Waals surface area (Å²) in [6.07, 6.45) is 15.7. The molecule has 0 saturated heterocycles. The zero-order valence-corrected chi connectivity index (χ0v) is 19.5. The smallest absolute Gasteiger partial charge is 0.115 e. The summed E-state index contributed by atoms with van der Waals surface area (Å²) < 4.78 is 0. The van der Waals surface area contributed by atoms with Gasteiger partial charge in [0.05, 0.1) is 0 Å². The first kappa shape index (κ1) is 21.8. The first-order chi connectivity index (χ1) is 16.2. The number of rotatable bonds is 5. The Labute approximate surface area is 198 Å². The van der Waals surface area contributed by atoms with Crippen LogP contribution in [0.25, 0.3) is 11.1 Å². The van der Waals surface area contributed by atoms with Gasteiger partial charge < -0.3 is 5.11 Å². The van der Waals surface area contributed by atoms with Crippen molar-refractivity contribution in [1.82, 2.24) is 0 Å². The molecule has 0 spiro atoms. The molecule has 1 heteroatoms. The van der Waals surface area contributed by atoms with E-state index < -0.39 is 0 Å². The van der Waals surface area contributed by atoms with Crippen molar-refractivity contribution < 1.29 is 5.11 Å². The third kappa shape index (κ3) is 4.06. The van der Waals surface area contributed by atoms with Gasteiger partial charge in [0.2, 0.25) is 0 Å². The lowest BCUT2D eigenvalue weighted by Crippen LogP contribution is -2.46. The first-order valence-corrected chi connectivity index (χ1v) is 12.5. The molecule has 168 valence electrons. The van der Waals surface area contributed by atoms with Crippen molar-refractivity contribution in [2.75, 3.05) is 0 Å². The van der Waals surface area contributed by atoms with Gasteiger partial charge in [0.1, 0.15) is 5.75 Å². The number of phenolic OH excluding ortho intramolecular Hbond substituents is 1. The number of aromatic hydroxyl groups is 1. The monoisotopic (exact) mass is 434 g/mol. The summed E-state index contributed by atoms with van der Waals surface area (Å²) in [5, 5.41) is 10.1. The van der Waals surface area contributed by atoms with E-state index in [9.17, 15) is 5.11 Å². The molecule has 0 bridgehead atoms. The molecule has 3 atom stereocenters. The van der Waals surface area contributed by atoms with Crippen LogP contribution >= 0.6 is 0 Å². The van der Waals surface area contributed by atoms with Crippen molar-refractivity contribution in [3.8, 4) is 16.9 Å². The predicted molar refractivity (Wildman–Crippen MR) is 138 cm³/mol. The molecule has 3 aromatic rings. The normalized spacial score (nSPS) is 22.7. The summed E-state index contributed by atoms with van der Waals surface area (Å²) in [6, 6.07) is 28.1. The summed E-state index contributed by atoms with van der Waals surface area (Å²) in [6.45, 7) is 2.36. The van der Waals surface area contributed by atoms with E-state index in [0.29, 0.717) is 23.5 Å². The summed E-state index contributed by atoms with van der Waals surface area (Å²) in [5.74, 6) is 1.72. The van der Waals surface area contributed by atoms with E-state index in [1.54, 1.807) is 0 Å². The van der Waals surface area contributed by atoms with Gasteiger partial charge in [0, 0.05) is 5.41 Å². The van der Waals surface area contributed by atoms with Gasteiger partial charge in [-0.3, -0.25) is 0 Å². The van der Waals surface area contributed by atoms with Crippen molar-refractivity contribution in [1.29, 1.82) is 0 Å². The van der Waals surface area contributed by atoms with Gasteiger partial charge in [-0.1, -0.05) is 117 Å². The molecule has 5 rings (SSSR count). The van der Waals surface area contributed by atoms with Gasteiger partial charge in [0.15, 0.2) is 0 Å². The predicted octanol–water partition coefficient (Wildman–Crippen LogP) is 8.30. The van der Waals surface area contributed by atoms with Crippen molar-refractivity contribution in [3.63, 3.8) is 0 Å². The molecule has 2 aliphatic carbocycles. The Morgan fingerprint density at radius 1 is 0.667 bits per heavy atom. The molecule has 0 aliphatic heterocycles. The minimum absolute atomic E-state index is 0.121. The number of benzene rings is 3. The molecule has 0 heterocycles. The van der Waals surface area contributed by atoms with Crippen LogP contribution in [-0.4, -0.2) is 5.11 Å². The minimum Gasteiger partial charge on any atom is -0.508 e. The van der Waals surface area contributed by atoms with Gasteiger partial charge in [0.25, 0.3) is 0 Å². The third-order valence-electron chi connectivity index (χ3n) is 8.00. The molecule has 1 N–H and O–H groups in total. The Kier molecular flexibility index (Phi) is 6.22. The first-order valence-electron chi connectivity index (χ1n) is 12.5. The van der Waals surface area contributed by atoms with Crippen LogP contribution in [0.15, 0.2) is 103 Å². The summed E-state index contributed by atoms with van der Waals surface area (Å²) >= 11 is 0. The van der Waals surface area contributed by atoms with E-state index in [-0.39, 0.29) is 5.41 Å². The number of phenols is 1. The molecular weight excluding hydrogens is 400 g/mol. The number of hydrogen-bond donors (Lipinski definition) is 1. The van der Waals surface area contributed by atoms with Gasteiger partial charge in [-0.05, 0) is 65.0 Å². The second-order valence-corrected chi connectivity index (χ2v) is 9.85. The average molecular weight is 435 g/mol. The highest BCUT2D eigenvalue weighted by atomic mass is 16.3. The van der Waals surface area contributed by atoms with Crippen LogP contribution in [0.2, 0.25) is 0 Å². The Morgan fingerprint density at radius 2 is 1.24 bits per heavy atom. The maximum Gasteiger partial charge on any atom is 0.115 e. The Morgan fingerprint density at radius 3 is 1.88 bits per heavy atom. The van der Waals surface area contributed by atoms with Gasteiger partial charge in [-0.2, -0.15) is 0 Å². The summed E-state index contributed by atoms with van der Waals surface area (Å²) in [4.78, 5) is 0. The standard InChI is InChI=1S/C32H34O/c1-24-10-8-9-15-31(24)32(27-13-6-3-7-14-27,29-20-22-30(33)23-21-29)28-18-16-26(17-19-28)25-11-4-2-5-12-25/h2,4-5,8-12,15-24,27,31,33H,3,6-7,13-14H2,1H3. The third-order valence-corrected chi connectivity index (χ3v) is 8.00. The molecule has 3 aromatic carbocycles. The van der Waals surface area contributed by atoms with Crippen LogP contribution < -0.4 is 0 Å². The summed E-state index contributed by atoms with van der Waals surface area (Å²) in [7, 11) is 0. The molecule has 0 amide bonds. The van der Waals surface area contributed by atoms with Crippen LogP contribution in [0.5, 0.6) is 5.75 Å². The molecule has 2 aliphatic rings.